The van der Waals surface area contributed by atoms with E-state index in [0.717, 1.165) is 22.5 Å². The van der Waals surface area contributed by atoms with Gasteiger partial charge in [0.05, 0.1) is 5.75 Å². The average Bonchev–Trinajstić information content (AvgIpc) is 3.14. The summed E-state index contributed by atoms with van der Waals surface area (Å²) < 4.78 is 1.98. The Morgan fingerprint density at radius 2 is 1.81 bits per heavy atom. The highest BCUT2D eigenvalue weighted by molar-refractivity contribution is 7.99. The summed E-state index contributed by atoms with van der Waals surface area (Å²) in [6.45, 7) is 6.50. The second-order valence-electron chi connectivity index (χ2n) is 7.22. The number of carbonyl (C=O) groups excluding carboxylic acids is 2. The fraction of sp³-hybridized carbons (Fsp3) is 0.318. The Morgan fingerprint density at radius 1 is 1.13 bits per heavy atom. The molecule has 7 nitrogen and oxygen atoms in total. The Morgan fingerprint density at radius 3 is 2.45 bits per heavy atom. The number of carbonyl (C=O) groups is 2. The van der Waals surface area contributed by atoms with Gasteiger partial charge in [-0.05, 0) is 38.3 Å². The summed E-state index contributed by atoms with van der Waals surface area (Å²) in [5, 5.41) is 2.45. The molecule has 0 aliphatic carbocycles. The maximum Gasteiger partial charge on any atom is 0.248 e. The molecule has 0 aliphatic rings. The predicted octanol–water partition coefficient (Wildman–Crippen LogP) is 2.95. The maximum atomic E-state index is 12.5. The van der Waals surface area contributed by atoms with Crippen molar-refractivity contribution in [2.45, 2.75) is 45.3 Å². The first-order chi connectivity index (χ1) is 14.8. The minimum Gasteiger partial charge on any atom is -0.369 e. The van der Waals surface area contributed by atoms with E-state index in [-0.39, 0.29) is 18.1 Å². The normalized spacial score (nSPS) is 11.6. The molecule has 0 bridgehead atoms. The highest BCUT2D eigenvalue weighted by Crippen LogP contribution is 2.19. The van der Waals surface area contributed by atoms with E-state index in [9.17, 15) is 9.59 Å². The minimum atomic E-state index is -0.409. The Balaban J connectivity index is 1.67. The third kappa shape index (κ3) is 6.60. The van der Waals surface area contributed by atoms with Gasteiger partial charge in [-0.25, -0.2) is 9.97 Å². The third-order valence-electron chi connectivity index (χ3n) is 4.69. The van der Waals surface area contributed by atoms with E-state index >= 15 is 0 Å². The van der Waals surface area contributed by atoms with Crippen molar-refractivity contribution in [2.75, 3.05) is 5.75 Å². The van der Waals surface area contributed by atoms with Crippen LogP contribution in [0.2, 0.25) is 0 Å². The number of thioether (sulfide) groups is 1. The first-order valence-corrected chi connectivity index (χ1v) is 11.7. The van der Waals surface area contributed by atoms with Crippen molar-refractivity contribution in [3.05, 3.63) is 68.7 Å². The van der Waals surface area contributed by atoms with Crippen molar-refractivity contribution in [2.24, 2.45) is 10.7 Å². The van der Waals surface area contributed by atoms with Crippen LogP contribution in [0.1, 0.15) is 34.5 Å². The van der Waals surface area contributed by atoms with Gasteiger partial charge < -0.3 is 10.3 Å². The number of nitrogens with zero attached hydrogens (tertiary/aromatic N) is 4. The molecule has 31 heavy (non-hydrogen) atoms. The molecule has 0 unspecified atom stereocenters. The maximum absolute atomic E-state index is 12.5. The van der Waals surface area contributed by atoms with Crippen LogP contribution >= 0.6 is 23.1 Å². The lowest BCUT2D eigenvalue weighted by Gasteiger charge is -2.09. The number of nitrogens with two attached hydrogens (primary N) is 1. The van der Waals surface area contributed by atoms with Gasteiger partial charge in [-0.15, -0.1) is 11.3 Å². The number of amides is 2. The summed E-state index contributed by atoms with van der Waals surface area (Å²) in [5.41, 5.74) is 10.1. The first kappa shape index (κ1) is 22.9. The smallest absolute Gasteiger partial charge is 0.248 e. The van der Waals surface area contributed by atoms with Gasteiger partial charge in [0.2, 0.25) is 11.8 Å². The molecule has 2 heterocycles. The Hall–Kier alpha value is -2.78. The number of primary amides is 1. The summed E-state index contributed by atoms with van der Waals surface area (Å²) in [6, 6.07) is 8.33. The van der Waals surface area contributed by atoms with E-state index in [2.05, 4.69) is 46.1 Å². The molecule has 2 N–H and O–H groups in total. The molecule has 162 valence electrons. The molecule has 0 spiro atoms. The summed E-state index contributed by atoms with van der Waals surface area (Å²) in [6.07, 6.45) is 2.74. The van der Waals surface area contributed by atoms with Crippen LogP contribution in [-0.2, 0) is 22.6 Å². The van der Waals surface area contributed by atoms with Crippen molar-refractivity contribution in [1.82, 2.24) is 14.5 Å². The second-order valence-corrected chi connectivity index (χ2v) is 9.03. The second kappa shape index (κ2) is 10.5. The van der Waals surface area contributed by atoms with Crippen LogP contribution in [0.15, 0.2) is 46.0 Å². The molecule has 0 saturated carbocycles. The van der Waals surface area contributed by atoms with Gasteiger partial charge >= 0.3 is 0 Å². The molecule has 0 aliphatic heterocycles. The molecule has 3 rings (SSSR count). The summed E-state index contributed by atoms with van der Waals surface area (Å²) in [4.78, 5) is 37.3. The Labute approximate surface area is 189 Å². The highest BCUT2D eigenvalue weighted by atomic mass is 32.2. The summed E-state index contributed by atoms with van der Waals surface area (Å²) >= 11 is 2.66. The van der Waals surface area contributed by atoms with E-state index < -0.39 is 5.91 Å². The molecule has 2 amide bonds. The van der Waals surface area contributed by atoms with Crippen molar-refractivity contribution in [3.8, 4) is 0 Å². The zero-order valence-corrected chi connectivity index (χ0v) is 19.4. The van der Waals surface area contributed by atoms with Crippen molar-refractivity contribution in [3.63, 3.8) is 0 Å². The Kier molecular flexibility index (Phi) is 7.75. The van der Waals surface area contributed by atoms with Crippen molar-refractivity contribution >= 4 is 34.9 Å². The van der Waals surface area contributed by atoms with Gasteiger partial charge in [0.1, 0.15) is 0 Å². The number of thiazole rings is 1. The first-order valence-electron chi connectivity index (χ1n) is 9.84. The molecule has 0 fully saturated rings. The molecular formula is C22H25N5O2S2. The predicted molar refractivity (Wildman–Crippen MR) is 123 cm³/mol. The fourth-order valence-electron chi connectivity index (χ4n) is 3.06. The monoisotopic (exact) mass is 455 g/mol. The molecule has 0 atom stereocenters. The molecular weight excluding hydrogens is 430 g/mol. The van der Waals surface area contributed by atoms with Crippen molar-refractivity contribution < 1.29 is 9.59 Å². The van der Waals surface area contributed by atoms with Crippen LogP contribution in [0.25, 0.3) is 0 Å². The minimum absolute atomic E-state index is 0.138. The number of benzene rings is 1. The van der Waals surface area contributed by atoms with Crippen LogP contribution in [0.5, 0.6) is 0 Å². The van der Waals surface area contributed by atoms with Crippen LogP contribution in [0.4, 0.5) is 0 Å². The van der Waals surface area contributed by atoms with Gasteiger partial charge in [0, 0.05) is 35.9 Å². The van der Waals surface area contributed by atoms with Gasteiger partial charge in [0.25, 0.3) is 0 Å². The van der Waals surface area contributed by atoms with E-state index in [4.69, 9.17) is 5.73 Å². The summed E-state index contributed by atoms with van der Waals surface area (Å²) in [5.74, 6) is -0.446. The lowest BCUT2D eigenvalue weighted by atomic mass is 10.1. The van der Waals surface area contributed by atoms with Gasteiger partial charge in [0.15, 0.2) is 9.96 Å². The molecule has 3 aromatic rings. The van der Waals surface area contributed by atoms with Crippen LogP contribution < -0.4 is 10.5 Å². The molecule has 2 aromatic heterocycles. The highest BCUT2D eigenvalue weighted by Gasteiger charge is 2.12. The zero-order chi connectivity index (χ0) is 22.4. The molecule has 1 aromatic carbocycles. The topological polar surface area (TPSA) is 103 Å². The van der Waals surface area contributed by atoms with Crippen LogP contribution in [0, 0.1) is 20.8 Å². The zero-order valence-electron chi connectivity index (χ0n) is 17.8. The van der Waals surface area contributed by atoms with Crippen LogP contribution in [-0.4, -0.2) is 32.1 Å². The van der Waals surface area contributed by atoms with Gasteiger partial charge in [-0.1, -0.05) is 41.6 Å². The number of rotatable bonds is 8. The van der Waals surface area contributed by atoms with Crippen molar-refractivity contribution in [1.29, 1.82) is 0 Å². The van der Waals surface area contributed by atoms with E-state index in [1.54, 1.807) is 0 Å². The Bertz CT molecular complexity index is 1130. The largest absolute Gasteiger partial charge is 0.369 e. The van der Waals surface area contributed by atoms with E-state index in [1.165, 1.54) is 28.7 Å². The van der Waals surface area contributed by atoms with E-state index in [0.29, 0.717) is 22.9 Å². The number of aryl methyl sites for hydroxylation is 3. The van der Waals surface area contributed by atoms with E-state index in [1.807, 2.05) is 30.0 Å². The lowest BCUT2D eigenvalue weighted by molar-refractivity contribution is -0.118. The number of hydrogen-bond donors (Lipinski definition) is 1. The standard InChI is InChI=1S/C22H25N5O2S2/c1-14-4-6-17(7-5-14)12-27-10-11-30-22(27)26-20(29)9-8-18-15(2)24-21(25-16(18)3)31-13-19(23)28/h4-7,10-11H,8-9,12-13H2,1-3H3,(H2,23,28). The number of hydrogen-bond acceptors (Lipinski definition) is 6. The quantitative estimate of drug-likeness (QED) is 0.415. The summed E-state index contributed by atoms with van der Waals surface area (Å²) in [7, 11) is 0. The molecule has 0 radical (unpaired) electrons. The number of aromatic nitrogens is 3. The van der Waals surface area contributed by atoms with Crippen LogP contribution in [0.3, 0.4) is 0 Å². The SMILES string of the molecule is Cc1ccc(Cn2ccsc2=NC(=O)CCc2c(C)nc(SCC(N)=O)nc2C)cc1. The average molecular weight is 456 g/mol. The lowest BCUT2D eigenvalue weighted by Crippen LogP contribution is -2.17. The van der Waals surface area contributed by atoms with Gasteiger partial charge in [-0.3, -0.25) is 9.59 Å². The van der Waals surface area contributed by atoms with Gasteiger partial charge in [-0.2, -0.15) is 4.99 Å². The molecule has 0 saturated heterocycles. The fourth-order valence-corrected chi connectivity index (χ4v) is 4.48. The third-order valence-corrected chi connectivity index (χ3v) is 6.35. The molecule has 9 heteroatoms.